The average Bonchev–Trinajstić information content (AvgIpc) is 2.99. The summed E-state index contributed by atoms with van der Waals surface area (Å²) in [5, 5.41) is 3.03. The molecule has 6 heteroatoms. The lowest BCUT2D eigenvalue weighted by Crippen LogP contribution is -2.27. The normalized spacial score (nSPS) is 12.7. The molecule has 0 radical (unpaired) electrons. The number of urea groups is 1. The molecule has 0 aromatic heterocycles. The van der Waals surface area contributed by atoms with Gasteiger partial charge in [0.25, 0.3) is 0 Å². The molecule has 1 aliphatic carbocycles. The largest absolute Gasteiger partial charge is 0.346 e. The molecular weight excluding hydrogens is 322 g/mol. The third kappa shape index (κ3) is 4.66. The van der Waals surface area contributed by atoms with Gasteiger partial charge in [0.05, 0.1) is 0 Å². The maximum atomic E-state index is 12.2. The number of anilines is 1. The van der Waals surface area contributed by atoms with Gasteiger partial charge in [-0.25, -0.2) is 4.79 Å². The molecule has 2 rings (SSSR count). The van der Waals surface area contributed by atoms with Gasteiger partial charge in [0.15, 0.2) is 0 Å². The standard InChI is InChI=1S/C18H27N3O2S/c1-12-11-15-7-5-8-16(15)17(13(12)2)19-18(23)20-24-10-6-9-21(4)14(3)22/h11H,5-10H2,1-4H3,(H2,19,20,23). The number of amides is 3. The van der Waals surface area contributed by atoms with Gasteiger partial charge in [-0.1, -0.05) is 6.07 Å². The molecule has 1 aromatic carbocycles. The summed E-state index contributed by atoms with van der Waals surface area (Å²) < 4.78 is 2.84. The zero-order chi connectivity index (χ0) is 17.7. The van der Waals surface area contributed by atoms with Crippen molar-refractivity contribution in [1.29, 1.82) is 0 Å². The molecule has 2 N–H and O–H groups in total. The second-order valence-corrected chi connectivity index (χ2v) is 7.28. The average molecular weight is 350 g/mol. The number of nitrogens with one attached hydrogen (secondary N) is 2. The monoisotopic (exact) mass is 349 g/mol. The summed E-state index contributed by atoms with van der Waals surface area (Å²) in [5.41, 5.74) is 6.02. The van der Waals surface area contributed by atoms with Crippen LogP contribution in [0.3, 0.4) is 0 Å². The molecule has 0 saturated heterocycles. The van der Waals surface area contributed by atoms with Crippen molar-refractivity contribution in [3.8, 4) is 0 Å². The van der Waals surface area contributed by atoms with E-state index < -0.39 is 0 Å². The van der Waals surface area contributed by atoms with Crippen LogP contribution in [0.25, 0.3) is 0 Å². The molecule has 3 amide bonds. The molecule has 0 heterocycles. The zero-order valence-electron chi connectivity index (χ0n) is 15.0. The van der Waals surface area contributed by atoms with Crippen molar-refractivity contribution in [2.45, 2.75) is 46.5 Å². The van der Waals surface area contributed by atoms with Crippen molar-refractivity contribution >= 4 is 29.6 Å². The van der Waals surface area contributed by atoms with Crippen LogP contribution in [0.4, 0.5) is 10.5 Å². The van der Waals surface area contributed by atoms with Gasteiger partial charge in [0.1, 0.15) is 0 Å². The third-order valence-corrected chi connectivity index (χ3v) is 5.42. The van der Waals surface area contributed by atoms with Crippen LogP contribution < -0.4 is 10.0 Å². The molecule has 0 fully saturated rings. The minimum Gasteiger partial charge on any atom is -0.346 e. The number of nitrogens with zero attached hydrogens (tertiary/aromatic N) is 1. The minimum absolute atomic E-state index is 0.0643. The fraction of sp³-hybridized carbons (Fsp3) is 0.556. The highest BCUT2D eigenvalue weighted by molar-refractivity contribution is 7.97. The Hall–Kier alpha value is -1.69. The predicted molar refractivity (Wildman–Crippen MR) is 100 cm³/mol. The molecule has 5 nitrogen and oxygen atoms in total. The number of benzene rings is 1. The summed E-state index contributed by atoms with van der Waals surface area (Å²) in [6.45, 7) is 6.42. The Bertz CT molecular complexity index is 631. The summed E-state index contributed by atoms with van der Waals surface area (Å²) >= 11 is 1.38. The lowest BCUT2D eigenvalue weighted by molar-refractivity contribution is -0.127. The van der Waals surface area contributed by atoms with E-state index in [1.807, 2.05) is 0 Å². The van der Waals surface area contributed by atoms with Crippen LogP contribution in [0, 0.1) is 13.8 Å². The Morgan fingerprint density at radius 2 is 2.04 bits per heavy atom. The molecule has 0 saturated carbocycles. The molecule has 1 aliphatic rings. The number of hydrogen-bond acceptors (Lipinski definition) is 3. The van der Waals surface area contributed by atoms with Gasteiger partial charge in [0, 0.05) is 32.0 Å². The summed E-state index contributed by atoms with van der Waals surface area (Å²) in [7, 11) is 1.79. The molecule has 0 spiro atoms. The van der Waals surface area contributed by atoms with E-state index in [1.54, 1.807) is 18.9 Å². The number of aryl methyl sites for hydroxylation is 2. The van der Waals surface area contributed by atoms with E-state index in [9.17, 15) is 9.59 Å². The van der Waals surface area contributed by atoms with Crippen LogP contribution in [-0.4, -0.2) is 36.2 Å². The van der Waals surface area contributed by atoms with Gasteiger partial charge in [-0.2, -0.15) is 0 Å². The first-order valence-corrected chi connectivity index (χ1v) is 9.41. The summed E-state index contributed by atoms with van der Waals surface area (Å²) in [5.74, 6) is 0.838. The van der Waals surface area contributed by atoms with Crippen LogP contribution in [0.15, 0.2) is 6.07 Å². The molecule has 132 valence electrons. The van der Waals surface area contributed by atoms with Crippen molar-refractivity contribution in [2.75, 3.05) is 24.7 Å². The van der Waals surface area contributed by atoms with E-state index in [-0.39, 0.29) is 11.9 Å². The van der Waals surface area contributed by atoms with Crippen molar-refractivity contribution < 1.29 is 9.59 Å². The highest BCUT2D eigenvalue weighted by Gasteiger charge is 2.19. The molecule has 24 heavy (non-hydrogen) atoms. The van der Waals surface area contributed by atoms with E-state index in [2.05, 4.69) is 30.0 Å². The van der Waals surface area contributed by atoms with Gasteiger partial charge in [0.2, 0.25) is 5.91 Å². The Balaban J connectivity index is 1.82. The van der Waals surface area contributed by atoms with Gasteiger partial charge in [-0.05, 0) is 73.7 Å². The summed E-state index contributed by atoms with van der Waals surface area (Å²) in [6.07, 6.45) is 4.15. The van der Waals surface area contributed by atoms with Crippen molar-refractivity contribution in [1.82, 2.24) is 9.62 Å². The van der Waals surface area contributed by atoms with Crippen molar-refractivity contribution in [2.24, 2.45) is 0 Å². The second-order valence-electron chi connectivity index (χ2n) is 6.38. The molecule has 1 aromatic rings. The Kier molecular flexibility index (Phi) is 6.54. The van der Waals surface area contributed by atoms with Crippen LogP contribution in [-0.2, 0) is 17.6 Å². The van der Waals surface area contributed by atoms with E-state index in [0.717, 1.165) is 42.7 Å². The fourth-order valence-electron chi connectivity index (χ4n) is 2.96. The minimum atomic E-state index is -0.178. The van der Waals surface area contributed by atoms with Crippen molar-refractivity contribution in [3.05, 3.63) is 28.3 Å². The molecule has 0 bridgehead atoms. The molecule has 0 aliphatic heterocycles. The second kappa shape index (κ2) is 8.42. The van der Waals surface area contributed by atoms with Gasteiger partial charge in [-0.3, -0.25) is 9.52 Å². The van der Waals surface area contributed by atoms with Crippen LogP contribution >= 0.6 is 11.9 Å². The first kappa shape index (κ1) is 18.6. The number of hydrogen-bond donors (Lipinski definition) is 2. The number of carbonyl (C=O) groups excluding carboxylic acids is 2. The summed E-state index contributed by atoms with van der Waals surface area (Å²) in [4.78, 5) is 25.0. The van der Waals surface area contributed by atoms with Crippen LogP contribution in [0.5, 0.6) is 0 Å². The van der Waals surface area contributed by atoms with E-state index in [4.69, 9.17) is 0 Å². The molecule has 0 unspecified atom stereocenters. The quantitative estimate of drug-likeness (QED) is 0.611. The highest BCUT2D eigenvalue weighted by Crippen LogP contribution is 2.33. The maximum absolute atomic E-state index is 12.2. The smallest absolute Gasteiger partial charge is 0.329 e. The SMILES string of the molecule is CC(=O)N(C)CCCSNC(=O)Nc1c(C)c(C)cc2c1CCC2. The van der Waals surface area contributed by atoms with E-state index >= 15 is 0 Å². The van der Waals surface area contributed by atoms with Crippen LogP contribution in [0.1, 0.15) is 42.0 Å². The van der Waals surface area contributed by atoms with Crippen LogP contribution in [0.2, 0.25) is 0 Å². The molecular formula is C18H27N3O2S. The van der Waals surface area contributed by atoms with E-state index in [1.165, 1.54) is 28.6 Å². The fourth-order valence-corrected chi connectivity index (χ4v) is 3.52. The zero-order valence-corrected chi connectivity index (χ0v) is 15.8. The van der Waals surface area contributed by atoms with Gasteiger partial charge in [-0.15, -0.1) is 0 Å². The Morgan fingerprint density at radius 1 is 1.29 bits per heavy atom. The predicted octanol–water partition coefficient (Wildman–Crippen LogP) is 3.43. The number of fused-ring (bicyclic) bond motifs is 1. The van der Waals surface area contributed by atoms with E-state index in [0.29, 0.717) is 6.54 Å². The number of rotatable bonds is 6. The highest BCUT2D eigenvalue weighted by atomic mass is 32.2. The third-order valence-electron chi connectivity index (χ3n) is 4.60. The lowest BCUT2D eigenvalue weighted by Gasteiger charge is -2.17. The lowest BCUT2D eigenvalue weighted by atomic mass is 9.99. The Morgan fingerprint density at radius 3 is 2.75 bits per heavy atom. The van der Waals surface area contributed by atoms with Gasteiger partial charge < -0.3 is 10.2 Å². The summed E-state index contributed by atoms with van der Waals surface area (Å²) in [6, 6.07) is 2.07. The first-order valence-electron chi connectivity index (χ1n) is 8.42. The first-order chi connectivity index (χ1) is 11.4. The topological polar surface area (TPSA) is 61.4 Å². The Labute approximate surface area is 148 Å². The maximum Gasteiger partial charge on any atom is 0.329 e. The van der Waals surface area contributed by atoms with Crippen molar-refractivity contribution in [3.63, 3.8) is 0 Å². The van der Waals surface area contributed by atoms with Gasteiger partial charge >= 0.3 is 6.03 Å². The molecule has 0 atom stereocenters. The number of carbonyl (C=O) groups is 2.